The van der Waals surface area contributed by atoms with E-state index in [0.717, 1.165) is 23.5 Å². The third-order valence-electron chi connectivity index (χ3n) is 5.05. The van der Waals surface area contributed by atoms with E-state index in [2.05, 4.69) is 15.6 Å². The maximum absolute atomic E-state index is 14.9. The molecule has 37 heavy (non-hydrogen) atoms. The molecule has 0 aliphatic carbocycles. The van der Waals surface area contributed by atoms with Crippen molar-refractivity contribution in [2.45, 2.75) is 24.2 Å². The second-order valence-corrected chi connectivity index (χ2v) is 11.1. The number of halogens is 3. The smallest absolute Gasteiger partial charge is 0.304 e. The minimum Gasteiger partial charge on any atom is -0.481 e. The van der Waals surface area contributed by atoms with Crippen LogP contribution in [0.4, 0.5) is 9.52 Å². The van der Waals surface area contributed by atoms with Crippen molar-refractivity contribution in [2.75, 3.05) is 24.4 Å². The molecule has 0 unspecified atom stereocenters. The van der Waals surface area contributed by atoms with E-state index < -0.39 is 26.7 Å². The van der Waals surface area contributed by atoms with Crippen LogP contribution in [0.15, 0.2) is 46.8 Å². The van der Waals surface area contributed by atoms with Crippen molar-refractivity contribution >= 4 is 55.7 Å². The first-order valence-corrected chi connectivity index (χ1v) is 14.0. The van der Waals surface area contributed by atoms with E-state index >= 15 is 0 Å². The topological polar surface area (TPSA) is 109 Å². The van der Waals surface area contributed by atoms with Crippen molar-refractivity contribution in [3.05, 3.63) is 63.3 Å². The standard InChI is InChI=1S/C24H22Cl2FN3O5S2/c1-2-9-30(11-7-23(31)32)10-3-4-16-13-17(25)5-6-20(16)35-21-15-19(27)22(14-18(21)26)37(33,34)29-24-28-8-12-36-24/h1,5-6,8,12-15H,3-4,7,9-11H2,(H,28,29)(H,31,32). The number of carbonyl (C=O) groups is 1. The lowest BCUT2D eigenvalue weighted by Gasteiger charge is -2.19. The molecular weight excluding hydrogens is 564 g/mol. The van der Waals surface area contributed by atoms with Crippen LogP contribution in [0.5, 0.6) is 11.5 Å². The van der Waals surface area contributed by atoms with Crippen molar-refractivity contribution in [1.82, 2.24) is 9.88 Å². The van der Waals surface area contributed by atoms with Crippen LogP contribution in [-0.2, 0) is 21.2 Å². The molecule has 1 aromatic heterocycles. The van der Waals surface area contributed by atoms with Crippen LogP contribution in [0.3, 0.4) is 0 Å². The van der Waals surface area contributed by atoms with Gasteiger partial charge < -0.3 is 9.84 Å². The molecular formula is C24H22Cl2FN3O5S2. The average molecular weight is 586 g/mol. The number of ether oxygens (including phenoxy) is 1. The summed E-state index contributed by atoms with van der Waals surface area (Å²) in [5.41, 5.74) is 0.699. The van der Waals surface area contributed by atoms with E-state index in [9.17, 15) is 17.6 Å². The Labute approximate surface area is 228 Å². The summed E-state index contributed by atoms with van der Waals surface area (Å²) in [6.45, 7) is 1.17. The van der Waals surface area contributed by atoms with Crippen LogP contribution < -0.4 is 9.46 Å². The van der Waals surface area contributed by atoms with Crippen LogP contribution in [0.25, 0.3) is 0 Å². The van der Waals surface area contributed by atoms with Gasteiger partial charge in [-0.1, -0.05) is 29.1 Å². The van der Waals surface area contributed by atoms with Gasteiger partial charge in [0, 0.05) is 29.2 Å². The molecule has 0 spiro atoms. The van der Waals surface area contributed by atoms with E-state index in [-0.39, 0.29) is 22.3 Å². The number of carboxylic acids is 1. The lowest BCUT2D eigenvalue weighted by Crippen LogP contribution is -2.28. The van der Waals surface area contributed by atoms with Crippen LogP contribution in [0.1, 0.15) is 18.4 Å². The monoisotopic (exact) mass is 585 g/mol. The zero-order valence-corrected chi connectivity index (χ0v) is 22.4. The summed E-state index contributed by atoms with van der Waals surface area (Å²) in [6, 6.07) is 6.76. The second kappa shape index (κ2) is 13.1. The number of nitrogens with zero attached hydrogens (tertiary/aromatic N) is 2. The zero-order valence-electron chi connectivity index (χ0n) is 19.3. The van der Waals surface area contributed by atoms with Gasteiger partial charge >= 0.3 is 5.97 Å². The minimum absolute atomic E-state index is 0.0255. The number of hydrogen-bond acceptors (Lipinski definition) is 7. The predicted octanol–water partition coefficient (Wildman–Crippen LogP) is 5.52. The summed E-state index contributed by atoms with van der Waals surface area (Å²) < 4.78 is 48.1. The molecule has 0 aliphatic rings. The van der Waals surface area contributed by atoms with Gasteiger partial charge in [0.1, 0.15) is 22.2 Å². The molecule has 1 heterocycles. The Kier molecular flexibility index (Phi) is 10.1. The van der Waals surface area contributed by atoms with Gasteiger partial charge in [0.25, 0.3) is 10.0 Å². The van der Waals surface area contributed by atoms with Gasteiger partial charge in [0.05, 0.1) is 18.0 Å². The molecule has 13 heteroatoms. The molecule has 0 amide bonds. The molecule has 0 saturated heterocycles. The molecule has 0 atom stereocenters. The summed E-state index contributed by atoms with van der Waals surface area (Å²) in [5.74, 6) is 0.838. The van der Waals surface area contributed by atoms with Crippen LogP contribution in [0.2, 0.25) is 10.0 Å². The molecule has 0 aliphatic heterocycles. The van der Waals surface area contributed by atoms with Crippen molar-refractivity contribution < 1.29 is 27.4 Å². The van der Waals surface area contributed by atoms with E-state index in [4.69, 9.17) is 39.5 Å². The number of aromatic nitrogens is 1. The van der Waals surface area contributed by atoms with Crippen molar-refractivity contribution in [3.8, 4) is 23.8 Å². The Hall–Kier alpha value is -2.88. The molecule has 196 valence electrons. The van der Waals surface area contributed by atoms with Gasteiger partial charge in [-0.2, -0.15) is 0 Å². The van der Waals surface area contributed by atoms with Crippen molar-refractivity contribution in [1.29, 1.82) is 0 Å². The number of benzene rings is 2. The van der Waals surface area contributed by atoms with E-state index in [1.807, 2.05) is 4.90 Å². The predicted molar refractivity (Wildman–Crippen MR) is 142 cm³/mol. The third kappa shape index (κ3) is 8.31. The lowest BCUT2D eigenvalue weighted by molar-refractivity contribution is -0.137. The number of nitrogens with one attached hydrogen (secondary N) is 1. The molecule has 3 rings (SSSR count). The Morgan fingerprint density at radius 3 is 2.70 bits per heavy atom. The Morgan fingerprint density at radius 1 is 1.24 bits per heavy atom. The number of rotatable bonds is 13. The lowest BCUT2D eigenvalue weighted by atomic mass is 10.1. The quantitative estimate of drug-likeness (QED) is 0.254. The average Bonchev–Trinajstić information content (AvgIpc) is 3.33. The van der Waals surface area contributed by atoms with Crippen LogP contribution in [0, 0.1) is 18.2 Å². The zero-order chi connectivity index (χ0) is 27.0. The Bertz CT molecular complexity index is 1400. The second-order valence-electron chi connectivity index (χ2n) is 7.74. The van der Waals surface area contributed by atoms with Crippen molar-refractivity contribution in [2.24, 2.45) is 0 Å². The Morgan fingerprint density at radius 2 is 2.03 bits per heavy atom. The van der Waals surface area contributed by atoms with Gasteiger partial charge in [0.2, 0.25) is 0 Å². The number of terminal acetylenes is 1. The molecule has 0 saturated carbocycles. The summed E-state index contributed by atoms with van der Waals surface area (Å²) >= 11 is 13.5. The first-order chi connectivity index (χ1) is 17.6. The molecule has 0 radical (unpaired) electrons. The SMILES string of the molecule is C#CCN(CCCc1cc(Cl)ccc1Oc1cc(F)c(S(=O)(=O)Nc2nccs2)cc1Cl)CCC(=O)O. The number of thiazole rings is 1. The van der Waals surface area contributed by atoms with Gasteiger partial charge in [-0.25, -0.2) is 17.8 Å². The molecule has 0 fully saturated rings. The normalized spacial score (nSPS) is 11.3. The number of sulfonamides is 1. The third-order valence-corrected chi connectivity index (χ3v) is 7.75. The number of hydrogen-bond donors (Lipinski definition) is 2. The number of aliphatic carboxylic acids is 1. The van der Waals surface area contributed by atoms with Crippen LogP contribution in [-0.4, -0.2) is 49.0 Å². The van der Waals surface area contributed by atoms with Gasteiger partial charge in [-0.05, 0) is 49.2 Å². The van der Waals surface area contributed by atoms with Crippen LogP contribution >= 0.6 is 34.5 Å². The first kappa shape index (κ1) is 28.7. The highest BCUT2D eigenvalue weighted by Gasteiger charge is 2.23. The fraction of sp³-hybridized carbons (Fsp3) is 0.250. The van der Waals surface area contributed by atoms with Gasteiger partial charge in [0.15, 0.2) is 5.13 Å². The number of carboxylic acid groups (broad SMARTS) is 1. The fourth-order valence-electron chi connectivity index (χ4n) is 3.35. The van der Waals surface area contributed by atoms with Gasteiger partial charge in [-0.3, -0.25) is 14.4 Å². The van der Waals surface area contributed by atoms with E-state index in [1.54, 1.807) is 23.6 Å². The first-order valence-electron chi connectivity index (χ1n) is 10.8. The Balaban J connectivity index is 1.76. The summed E-state index contributed by atoms with van der Waals surface area (Å²) in [5, 5.41) is 10.9. The number of aryl methyl sites for hydroxylation is 1. The highest BCUT2D eigenvalue weighted by molar-refractivity contribution is 7.93. The minimum atomic E-state index is -4.26. The fourth-order valence-corrected chi connectivity index (χ4v) is 5.68. The van der Waals surface area contributed by atoms with E-state index in [0.29, 0.717) is 48.8 Å². The van der Waals surface area contributed by atoms with Crippen molar-refractivity contribution in [3.63, 3.8) is 0 Å². The molecule has 2 N–H and O–H groups in total. The summed E-state index contributed by atoms with van der Waals surface area (Å²) in [7, 11) is -4.26. The highest BCUT2D eigenvalue weighted by Crippen LogP contribution is 2.36. The molecule has 2 aromatic carbocycles. The maximum Gasteiger partial charge on any atom is 0.304 e. The highest BCUT2D eigenvalue weighted by atomic mass is 35.5. The largest absolute Gasteiger partial charge is 0.481 e. The molecule has 8 nitrogen and oxygen atoms in total. The van der Waals surface area contributed by atoms with Gasteiger partial charge in [-0.15, -0.1) is 17.8 Å². The molecule has 0 bridgehead atoms. The molecule has 3 aromatic rings. The number of anilines is 1. The summed E-state index contributed by atoms with van der Waals surface area (Å²) in [6.07, 6.45) is 7.87. The summed E-state index contributed by atoms with van der Waals surface area (Å²) in [4.78, 5) is 15.9. The van der Waals surface area contributed by atoms with E-state index in [1.165, 1.54) is 6.20 Å². The maximum atomic E-state index is 14.9.